The SMILES string of the molecule is CN(OC(=O)c1ccc(-c2ccccc2)cc1)C1CCN(CC2(C(F)(F)F)CCC2)CC1. The number of rotatable bonds is 6. The summed E-state index contributed by atoms with van der Waals surface area (Å²) in [5, 5.41) is 1.56. The number of carbonyl (C=O) groups is 1. The van der Waals surface area contributed by atoms with Crippen LogP contribution in [0.5, 0.6) is 0 Å². The highest BCUT2D eigenvalue weighted by molar-refractivity contribution is 5.89. The molecular formula is C25H29F3N2O2. The topological polar surface area (TPSA) is 32.8 Å². The van der Waals surface area contributed by atoms with E-state index in [0.717, 1.165) is 11.1 Å². The van der Waals surface area contributed by atoms with Crippen molar-refractivity contribution in [3.8, 4) is 11.1 Å². The first-order valence-electron chi connectivity index (χ1n) is 11.2. The maximum atomic E-state index is 13.4. The van der Waals surface area contributed by atoms with Crippen LogP contribution in [-0.4, -0.2) is 54.8 Å². The van der Waals surface area contributed by atoms with E-state index in [0.29, 0.717) is 37.9 Å². The van der Waals surface area contributed by atoms with Gasteiger partial charge in [-0.25, -0.2) is 4.79 Å². The third-order valence-corrected chi connectivity index (χ3v) is 6.96. The maximum Gasteiger partial charge on any atom is 0.395 e. The molecule has 32 heavy (non-hydrogen) atoms. The summed E-state index contributed by atoms with van der Waals surface area (Å²) >= 11 is 0. The Hall–Kier alpha value is -2.38. The minimum atomic E-state index is -4.13. The van der Waals surface area contributed by atoms with E-state index in [2.05, 4.69) is 0 Å². The van der Waals surface area contributed by atoms with Crippen molar-refractivity contribution in [1.82, 2.24) is 9.96 Å². The van der Waals surface area contributed by atoms with Gasteiger partial charge in [-0.05, 0) is 62.0 Å². The molecule has 0 unspecified atom stereocenters. The van der Waals surface area contributed by atoms with Gasteiger partial charge in [-0.15, -0.1) is 5.06 Å². The van der Waals surface area contributed by atoms with Crippen LogP contribution >= 0.6 is 0 Å². The number of hydroxylamine groups is 2. The van der Waals surface area contributed by atoms with Crippen LogP contribution in [0.15, 0.2) is 54.6 Å². The highest BCUT2D eigenvalue weighted by atomic mass is 19.4. The summed E-state index contributed by atoms with van der Waals surface area (Å²) in [7, 11) is 1.72. The molecule has 2 aliphatic rings. The van der Waals surface area contributed by atoms with Crippen molar-refractivity contribution in [2.45, 2.75) is 44.3 Å². The highest BCUT2D eigenvalue weighted by Gasteiger charge is 2.58. The van der Waals surface area contributed by atoms with Crippen LogP contribution in [-0.2, 0) is 4.84 Å². The molecule has 2 aromatic carbocycles. The third-order valence-electron chi connectivity index (χ3n) is 6.96. The molecule has 0 radical (unpaired) electrons. The predicted octanol–water partition coefficient (Wildman–Crippen LogP) is 5.55. The Kier molecular flexibility index (Phi) is 6.58. The number of likely N-dealkylation sites (tertiary alicyclic amines) is 1. The molecule has 0 amide bonds. The quantitative estimate of drug-likeness (QED) is 0.545. The molecule has 172 valence electrons. The molecule has 2 fully saturated rings. The van der Waals surface area contributed by atoms with E-state index in [9.17, 15) is 18.0 Å². The maximum absolute atomic E-state index is 13.4. The molecule has 1 aliphatic heterocycles. The Labute approximate surface area is 186 Å². The fourth-order valence-corrected chi connectivity index (χ4v) is 4.69. The summed E-state index contributed by atoms with van der Waals surface area (Å²) in [5.74, 6) is -0.431. The molecule has 0 bridgehead atoms. The van der Waals surface area contributed by atoms with Gasteiger partial charge in [0.25, 0.3) is 0 Å². The number of alkyl halides is 3. The first-order chi connectivity index (χ1) is 15.3. The van der Waals surface area contributed by atoms with Gasteiger partial charge < -0.3 is 9.74 Å². The van der Waals surface area contributed by atoms with Gasteiger partial charge in [-0.2, -0.15) is 13.2 Å². The molecule has 7 heteroatoms. The minimum absolute atomic E-state index is 0.00187. The lowest BCUT2D eigenvalue weighted by atomic mass is 9.67. The second-order valence-corrected chi connectivity index (χ2v) is 9.01. The summed E-state index contributed by atoms with van der Waals surface area (Å²) in [6, 6.07) is 17.2. The zero-order valence-electron chi connectivity index (χ0n) is 18.3. The summed E-state index contributed by atoms with van der Waals surface area (Å²) in [4.78, 5) is 20.0. The Morgan fingerprint density at radius 2 is 1.62 bits per heavy atom. The second-order valence-electron chi connectivity index (χ2n) is 9.01. The van der Waals surface area contributed by atoms with Gasteiger partial charge in [-0.3, -0.25) is 0 Å². The summed E-state index contributed by atoms with van der Waals surface area (Å²) < 4.78 is 40.3. The second kappa shape index (κ2) is 9.24. The molecular weight excluding hydrogens is 417 g/mol. The van der Waals surface area contributed by atoms with Crippen LogP contribution in [0, 0.1) is 5.41 Å². The lowest BCUT2D eigenvalue weighted by Crippen LogP contribution is -2.54. The van der Waals surface area contributed by atoms with Crippen molar-refractivity contribution in [3.63, 3.8) is 0 Å². The fraction of sp³-hybridized carbons (Fsp3) is 0.480. The predicted molar refractivity (Wildman–Crippen MR) is 117 cm³/mol. The summed E-state index contributed by atoms with van der Waals surface area (Å²) in [6.45, 7) is 1.24. The van der Waals surface area contributed by atoms with E-state index >= 15 is 0 Å². The van der Waals surface area contributed by atoms with Crippen molar-refractivity contribution in [2.75, 3.05) is 26.7 Å². The van der Waals surface area contributed by atoms with E-state index in [1.54, 1.807) is 24.2 Å². The van der Waals surface area contributed by atoms with Crippen LogP contribution in [0.2, 0.25) is 0 Å². The fourth-order valence-electron chi connectivity index (χ4n) is 4.69. The Morgan fingerprint density at radius 3 is 2.16 bits per heavy atom. The molecule has 4 rings (SSSR count). The van der Waals surface area contributed by atoms with E-state index in [1.807, 2.05) is 47.4 Å². The van der Waals surface area contributed by atoms with Crippen LogP contribution < -0.4 is 0 Å². The van der Waals surface area contributed by atoms with Gasteiger partial charge in [0, 0.05) is 19.6 Å². The smallest absolute Gasteiger partial charge is 0.364 e. The number of hydrogen-bond donors (Lipinski definition) is 0. The van der Waals surface area contributed by atoms with Crippen molar-refractivity contribution in [3.05, 3.63) is 60.2 Å². The average molecular weight is 447 g/mol. The Morgan fingerprint density at radius 1 is 1.03 bits per heavy atom. The monoisotopic (exact) mass is 446 g/mol. The van der Waals surface area contributed by atoms with Gasteiger partial charge in [0.15, 0.2) is 0 Å². The largest absolute Gasteiger partial charge is 0.395 e. The summed E-state index contributed by atoms with van der Waals surface area (Å²) in [6.07, 6.45) is -1.67. The number of hydrogen-bond acceptors (Lipinski definition) is 4. The van der Waals surface area contributed by atoms with Gasteiger partial charge in [-0.1, -0.05) is 48.9 Å². The molecule has 1 aliphatic carbocycles. The highest BCUT2D eigenvalue weighted by Crippen LogP contribution is 2.53. The molecule has 0 aromatic heterocycles. The van der Waals surface area contributed by atoms with Crippen LogP contribution in [0.1, 0.15) is 42.5 Å². The Balaban J connectivity index is 1.27. The zero-order valence-corrected chi connectivity index (χ0v) is 18.3. The zero-order chi connectivity index (χ0) is 22.8. The van der Waals surface area contributed by atoms with E-state index in [4.69, 9.17) is 4.84 Å². The van der Waals surface area contributed by atoms with Gasteiger partial charge in [0.2, 0.25) is 0 Å². The van der Waals surface area contributed by atoms with Crippen molar-refractivity contribution >= 4 is 5.97 Å². The molecule has 0 N–H and O–H groups in total. The minimum Gasteiger partial charge on any atom is -0.364 e. The molecule has 0 atom stereocenters. The van der Waals surface area contributed by atoms with Gasteiger partial charge >= 0.3 is 12.1 Å². The van der Waals surface area contributed by atoms with Crippen molar-refractivity contribution < 1.29 is 22.8 Å². The molecule has 1 saturated carbocycles. The van der Waals surface area contributed by atoms with Crippen LogP contribution in [0.3, 0.4) is 0 Å². The number of benzene rings is 2. The number of piperidine rings is 1. The first kappa shape index (κ1) is 22.8. The Bertz CT molecular complexity index is 903. The lowest BCUT2D eigenvalue weighted by molar-refractivity contribution is -0.257. The number of nitrogens with zero attached hydrogens (tertiary/aromatic N) is 2. The van der Waals surface area contributed by atoms with Crippen molar-refractivity contribution in [1.29, 1.82) is 0 Å². The molecule has 0 spiro atoms. The average Bonchev–Trinajstić information content (AvgIpc) is 2.76. The lowest BCUT2D eigenvalue weighted by Gasteiger charge is -2.47. The van der Waals surface area contributed by atoms with Crippen LogP contribution in [0.25, 0.3) is 11.1 Å². The standard InChI is InChI=1S/C25H29F3N2O2/c1-29(22-12-16-30(17-13-22)18-24(14-5-15-24)25(26,27)28)32-23(31)21-10-8-20(9-11-21)19-6-3-2-4-7-19/h2-4,6-11,22H,5,12-18H2,1H3. The molecule has 4 nitrogen and oxygen atoms in total. The van der Waals surface area contributed by atoms with Crippen LogP contribution in [0.4, 0.5) is 13.2 Å². The third kappa shape index (κ3) is 4.84. The molecule has 1 heterocycles. The summed E-state index contributed by atoms with van der Waals surface area (Å²) in [5.41, 5.74) is 1.03. The molecule has 2 aromatic rings. The first-order valence-corrected chi connectivity index (χ1v) is 11.2. The number of halogens is 3. The normalized spacial score (nSPS) is 19.5. The molecule has 1 saturated heterocycles. The number of carbonyl (C=O) groups excluding carboxylic acids is 1. The van der Waals surface area contributed by atoms with Crippen molar-refractivity contribution in [2.24, 2.45) is 5.41 Å². The van der Waals surface area contributed by atoms with E-state index in [1.165, 1.54) is 0 Å². The van der Waals surface area contributed by atoms with Gasteiger partial charge in [0.05, 0.1) is 11.0 Å². The van der Waals surface area contributed by atoms with E-state index in [-0.39, 0.29) is 25.4 Å². The van der Waals surface area contributed by atoms with E-state index < -0.39 is 17.6 Å². The van der Waals surface area contributed by atoms with Gasteiger partial charge in [0.1, 0.15) is 0 Å².